The number of hydrogen-bond acceptors (Lipinski definition) is 4. The lowest BCUT2D eigenvalue weighted by molar-refractivity contribution is -0.124. The number of carbonyl (C=O) groups is 3. The van der Waals surface area contributed by atoms with Gasteiger partial charge in [-0.15, -0.1) is 0 Å². The third-order valence-electron chi connectivity index (χ3n) is 3.42. The summed E-state index contributed by atoms with van der Waals surface area (Å²) in [5.41, 5.74) is 1.10. The van der Waals surface area contributed by atoms with Crippen LogP contribution in [0.5, 0.6) is 0 Å². The zero-order chi connectivity index (χ0) is 21.4. The third-order valence-corrected chi connectivity index (χ3v) is 3.68. The highest BCUT2D eigenvalue weighted by Crippen LogP contribution is 2.22. The zero-order valence-corrected chi connectivity index (χ0v) is 15.5. The van der Waals surface area contributed by atoms with E-state index in [1.807, 2.05) is 0 Å². The summed E-state index contributed by atoms with van der Waals surface area (Å²) in [4.78, 5) is 35.3. The molecule has 0 aliphatic carbocycles. The molecule has 0 unspecified atom stereocenters. The average Bonchev–Trinajstić information content (AvgIpc) is 2.65. The molecule has 154 valence electrons. The molecular weight excluding hydrogens is 413 g/mol. The molecule has 2 aromatic rings. The first-order valence-electron chi connectivity index (χ1n) is 8.18. The van der Waals surface area contributed by atoms with E-state index < -0.39 is 37.1 Å². The standard InChI is InChI=1S/C18H16ClF3N4O3/c19-12-7-5-11(6-8-12)16(28)25-14-4-2-1-3-13(14)23-9-15(27)26-17(29)24-10-18(20,21)22/h1-8,23H,9-10H2,(H,25,28)(H2,24,26,27,29). The number of para-hydroxylation sites is 2. The van der Waals surface area contributed by atoms with E-state index in [0.29, 0.717) is 22.0 Å². The number of benzene rings is 2. The number of urea groups is 1. The Bertz CT molecular complexity index is 889. The van der Waals surface area contributed by atoms with Gasteiger partial charge in [0.05, 0.1) is 17.9 Å². The molecule has 0 aliphatic rings. The second kappa shape index (κ2) is 9.78. The van der Waals surface area contributed by atoms with Crippen molar-refractivity contribution >= 4 is 40.8 Å². The van der Waals surface area contributed by atoms with E-state index in [9.17, 15) is 27.6 Å². The number of nitrogens with one attached hydrogen (secondary N) is 4. The van der Waals surface area contributed by atoms with Crippen molar-refractivity contribution < 1.29 is 27.6 Å². The van der Waals surface area contributed by atoms with E-state index in [4.69, 9.17) is 11.6 Å². The first-order chi connectivity index (χ1) is 13.6. The second-order valence-electron chi connectivity index (χ2n) is 5.71. The van der Waals surface area contributed by atoms with Crippen LogP contribution in [0.4, 0.5) is 29.3 Å². The predicted octanol–water partition coefficient (Wildman–Crippen LogP) is 3.39. The Kier molecular flexibility index (Phi) is 7.43. The van der Waals surface area contributed by atoms with Crippen LogP contribution < -0.4 is 21.3 Å². The summed E-state index contributed by atoms with van der Waals surface area (Å²) < 4.78 is 36.1. The van der Waals surface area contributed by atoms with Crippen LogP contribution in [-0.2, 0) is 4.79 Å². The van der Waals surface area contributed by atoms with Gasteiger partial charge in [-0.25, -0.2) is 4.79 Å². The van der Waals surface area contributed by atoms with Crippen LogP contribution in [0.2, 0.25) is 5.02 Å². The lowest BCUT2D eigenvalue weighted by Crippen LogP contribution is -2.45. The Morgan fingerprint density at radius 1 is 0.931 bits per heavy atom. The van der Waals surface area contributed by atoms with Crippen LogP contribution >= 0.6 is 11.6 Å². The molecule has 0 atom stereocenters. The lowest BCUT2D eigenvalue weighted by Gasteiger charge is -2.13. The topological polar surface area (TPSA) is 99.3 Å². The van der Waals surface area contributed by atoms with Gasteiger partial charge in [-0.3, -0.25) is 14.9 Å². The highest BCUT2D eigenvalue weighted by molar-refractivity contribution is 6.30. The van der Waals surface area contributed by atoms with Crippen LogP contribution in [0.3, 0.4) is 0 Å². The minimum Gasteiger partial charge on any atom is -0.374 e. The van der Waals surface area contributed by atoms with E-state index in [1.165, 1.54) is 5.32 Å². The fourth-order valence-electron chi connectivity index (χ4n) is 2.11. The predicted molar refractivity (Wildman–Crippen MR) is 102 cm³/mol. The summed E-state index contributed by atoms with van der Waals surface area (Å²) in [6.45, 7) is -1.97. The summed E-state index contributed by atoms with van der Waals surface area (Å²) >= 11 is 5.79. The molecule has 4 amide bonds. The minimum absolute atomic E-state index is 0.363. The average molecular weight is 429 g/mol. The highest BCUT2D eigenvalue weighted by Gasteiger charge is 2.27. The van der Waals surface area contributed by atoms with Crippen molar-refractivity contribution in [3.8, 4) is 0 Å². The Morgan fingerprint density at radius 3 is 2.17 bits per heavy atom. The largest absolute Gasteiger partial charge is 0.405 e. The zero-order valence-electron chi connectivity index (χ0n) is 14.8. The Morgan fingerprint density at radius 2 is 1.55 bits per heavy atom. The first kappa shape index (κ1) is 22.0. The van der Waals surface area contributed by atoms with Crippen molar-refractivity contribution in [3.63, 3.8) is 0 Å². The van der Waals surface area contributed by atoms with Crippen molar-refractivity contribution in [1.29, 1.82) is 0 Å². The maximum atomic E-state index is 12.3. The maximum absolute atomic E-state index is 12.3. The van der Waals surface area contributed by atoms with Crippen LogP contribution in [0.25, 0.3) is 0 Å². The van der Waals surface area contributed by atoms with Crippen molar-refractivity contribution in [1.82, 2.24) is 10.6 Å². The second-order valence-corrected chi connectivity index (χ2v) is 6.14. The molecule has 0 heterocycles. The van der Waals surface area contributed by atoms with E-state index in [0.717, 1.165) is 0 Å². The quantitative estimate of drug-likeness (QED) is 0.566. The molecule has 7 nitrogen and oxygen atoms in total. The van der Waals surface area contributed by atoms with Crippen molar-refractivity contribution in [2.45, 2.75) is 6.18 Å². The SMILES string of the molecule is O=C(CNc1ccccc1NC(=O)c1ccc(Cl)cc1)NC(=O)NCC(F)(F)F. The minimum atomic E-state index is -4.58. The van der Waals surface area contributed by atoms with Gasteiger partial charge in [0, 0.05) is 10.6 Å². The number of hydrogen-bond donors (Lipinski definition) is 4. The smallest absolute Gasteiger partial charge is 0.374 e. The number of carbonyl (C=O) groups excluding carboxylic acids is 3. The van der Waals surface area contributed by atoms with Gasteiger partial charge >= 0.3 is 12.2 Å². The molecular formula is C18H16ClF3N4O3. The summed E-state index contributed by atoms with van der Waals surface area (Å²) in [7, 11) is 0. The molecule has 2 rings (SSSR count). The van der Waals surface area contributed by atoms with Crippen molar-refractivity contribution in [3.05, 3.63) is 59.1 Å². The van der Waals surface area contributed by atoms with Crippen LogP contribution in [0.1, 0.15) is 10.4 Å². The lowest BCUT2D eigenvalue weighted by atomic mass is 10.2. The van der Waals surface area contributed by atoms with Gasteiger partial charge in [0.25, 0.3) is 5.91 Å². The monoisotopic (exact) mass is 428 g/mol. The molecule has 0 saturated carbocycles. The fourth-order valence-corrected chi connectivity index (χ4v) is 2.24. The van der Waals surface area contributed by atoms with Gasteiger partial charge in [-0.2, -0.15) is 13.2 Å². The normalized spacial score (nSPS) is 10.8. The Balaban J connectivity index is 1.91. The molecule has 4 N–H and O–H groups in total. The van der Waals surface area contributed by atoms with Gasteiger partial charge in [0.1, 0.15) is 6.54 Å². The van der Waals surface area contributed by atoms with Crippen LogP contribution in [0, 0.1) is 0 Å². The Hall–Kier alpha value is -3.27. The summed E-state index contributed by atoms with van der Waals surface area (Å²) in [6.07, 6.45) is -4.58. The van der Waals surface area contributed by atoms with Gasteiger partial charge in [-0.1, -0.05) is 23.7 Å². The summed E-state index contributed by atoms with van der Waals surface area (Å²) in [6, 6.07) is 11.4. The van der Waals surface area contributed by atoms with Gasteiger partial charge in [-0.05, 0) is 36.4 Å². The molecule has 0 spiro atoms. The molecule has 11 heteroatoms. The van der Waals surface area contributed by atoms with Crippen molar-refractivity contribution in [2.24, 2.45) is 0 Å². The number of halogens is 4. The van der Waals surface area contributed by atoms with E-state index >= 15 is 0 Å². The highest BCUT2D eigenvalue weighted by atomic mass is 35.5. The molecule has 0 aromatic heterocycles. The molecule has 29 heavy (non-hydrogen) atoms. The first-order valence-corrected chi connectivity index (χ1v) is 8.56. The van der Waals surface area contributed by atoms with Crippen molar-refractivity contribution in [2.75, 3.05) is 23.7 Å². The maximum Gasteiger partial charge on any atom is 0.405 e. The molecule has 0 aliphatic heterocycles. The molecule has 0 fully saturated rings. The number of imide groups is 1. The summed E-state index contributed by atoms with van der Waals surface area (Å²) in [5.74, 6) is -1.27. The van der Waals surface area contributed by atoms with Crippen LogP contribution in [-0.4, -0.2) is 37.1 Å². The summed E-state index contributed by atoms with van der Waals surface area (Å²) in [5, 5.41) is 9.14. The molecule has 0 radical (unpaired) electrons. The number of anilines is 2. The molecule has 0 bridgehead atoms. The number of amides is 4. The van der Waals surface area contributed by atoms with Gasteiger partial charge in [0.2, 0.25) is 5.91 Å². The van der Waals surface area contributed by atoms with E-state index in [-0.39, 0.29) is 0 Å². The fraction of sp³-hybridized carbons (Fsp3) is 0.167. The molecule has 2 aromatic carbocycles. The van der Waals surface area contributed by atoms with Gasteiger partial charge < -0.3 is 16.0 Å². The van der Waals surface area contributed by atoms with E-state index in [1.54, 1.807) is 53.8 Å². The van der Waals surface area contributed by atoms with E-state index in [2.05, 4.69) is 10.6 Å². The molecule has 0 saturated heterocycles. The van der Waals surface area contributed by atoms with Crippen LogP contribution in [0.15, 0.2) is 48.5 Å². The Labute approximate surface area is 168 Å². The van der Waals surface area contributed by atoms with Gasteiger partial charge in [0.15, 0.2) is 0 Å². The number of rotatable bonds is 6. The third kappa shape index (κ3) is 7.70. The number of alkyl halides is 3.